The van der Waals surface area contributed by atoms with Gasteiger partial charge in [-0.15, -0.1) is 11.3 Å². The first-order valence-electron chi connectivity index (χ1n) is 8.21. The molecule has 0 aliphatic carbocycles. The molecule has 2 amide bonds. The Labute approximate surface area is 149 Å². The van der Waals surface area contributed by atoms with Gasteiger partial charge in [-0.2, -0.15) is 0 Å². The zero-order valence-corrected chi connectivity index (χ0v) is 15.0. The summed E-state index contributed by atoms with van der Waals surface area (Å²) in [5.41, 5.74) is 1.66. The van der Waals surface area contributed by atoms with E-state index in [0.29, 0.717) is 24.1 Å². The van der Waals surface area contributed by atoms with Crippen molar-refractivity contribution in [3.8, 4) is 0 Å². The summed E-state index contributed by atoms with van der Waals surface area (Å²) in [5, 5.41) is 5.29. The third-order valence-electron chi connectivity index (χ3n) is 4.19. The maximum atomic E-state index is 13.3. The van der Waals surface area contributed by atoms with Crippen molar-refractivity contribution in [2.45, 2.75) is 32.7 Å². The average Bonchev–Trinajstić information content (AvgIpc) is 3.15. The smallest absolute Gasteiger partial charge is 0.231 e. The van der Waals surface area contributed by atoms with Gasteiger partial charge in [-0.3, -0.25) is 9.59 Å². The molecular formula is C18H20FN3O2S. The van der Waals surface area contributed by atoms with Gasteiger partial charge in [0.25, 0.3) is 0 Å². The molecule has 2 heterocycles. The summed E-state index contributed by atoms with van der Waals surface area (Å²) in [6.45, 7) is 4.74. The van der Waals surface area contributed by atoms with Crippen LogP contribution in [0.15, 0.2) is 29.6 Å². The van der Waals surface area contributed by atoms with Crippen LogP contribution in [-0.4, -0.2) is 28.2 Å². The molecule has 25 heavy (non-hydrogen) atoms. The molecule has 2 aromatic rings. The molecule has 132 valence electrons. The summed E-state index contributed by atoms with van der Waals surface area (Å²) >= 11 is 1.39. The summed E-state index contributed by atoms with van der Waals surface area (Å²) in [6, 6.07) is 6.16. The molecule has 1 fully saturated rings. The van der Waals surface area contributed by atoms with Crippen molar-refractivity contribution in [1.29, 1.82) is 0 Å². The molecular weight excluding hydrogens is 341 g/mol. The number of rotatable bonds is 5. The van der Waals surface area contributed by atoms with Crippen LogP contribution in [-0.2, 0) is 16.1 Å². The number of halogens is 1. The zero-order chi connectivity index (χ0) is 18.0. The molecule has 1 aliphatic heterocycles. The van der Waals surface area contributed by atoms with Crippen LogP contribution in [0.25, 0.3) is 0 Å². The van der Waals surface area contributed by atoms with E-state index in [4.69, 9.17) is 0 Å². The van der Waals surface area contributed by atoms with Crippen molar-refractivity contribution in [3.05, 3.63) is 46.7 Å². The fourth-order valence-electron chi connectivity index (χ4n) is 2.77. The molecule has 0 radical (unpaired) electrons. The quantitative estimate of drug-likeness (QED) is 0.888. The molecule has 1 aromatic heterocycles. The van der Waals surface area contributed by atoms with Crippen molar-refractivity contribution in [3.63, 3.8) is 0 Å². The molecule has 0 spiro atoms. The Kier molecular flexibility index (Phi) is 5.13. The number of aromatic nitrogens is 1. The lowest BCUT2D eigenvalue weighted by Gasteiger charge is -2.16. The predicted octanol–water partition coefficient (Wildman–Crippen LogP) is 3.39. The normalized spacial score (nSPS) is 17.4. The molecule has 0 unspecified atom stereocenters. The third-order valence-corrected chi connectivity index (χ3v) is 4.97. The van der Waals surface area contributed by atoms with Gasteiger partial charge in [0, 0.05) is 24.9 Å². The summed E-state index contributed by atoms with van der Waals surface area (Å²) < 4.78 is 13.3. The molecule has 0 bridgehead atoms. The van der Waals surface area contributed by atoms with Gasteiger partial charge in [-0.1, -0.05) is 26.0 Å². The maximum absolute atomic E-state index is 13.3. The highest BCUT2D eigenvalue weighted by atomic mass is 32.1. The third kappa shape index (κ3) is 4.22. The van der Waals surface area contributed by atoms with Crippen molar-refractivity contribution in [2.24, 2.45) is 5.92 Å². The van der Waals surface area contributed by atoms with E-state index in [9.17, 15) is 14.0 Å². The number of carbonyl (C=O) groups excluding carboxylic acids is 2. The van der Waals surface area contributed by atoms with Gasteiger partial charge >= 0.3 is 0 Å². The second kappa shape index (κ2) is 7.31. The van der Waals surface area contributed by atoms with E-state index in [2.05, 4.69) is 10.3 Å². The van der Waals surface area contributed by atoms with Gasteiger partial charge in [0.05, 0.1) is 11.6 Å². The second-order valence-corrected chi connectivity index (χ2v) is 7.38. The standard InChI is InChI=1S/C18H20FN3O2S/c1-11(2)15-10-25-18(20-15)21-17(24)13-7-16(23)22(9-13)8-12-4-3-5-14(19)6-12/h3-6,10-11,13H,7-9H2,1-2H3,(H,20,21,24)/t13-/m0/s1. The molecule has 1 aliphatic rings. The van der Waals surface area contributed by atoms with Crippen LogP contribution < -0.4 is 5.32 Å². The Morgan fingerprint density at radius 2 is 2.28 bits per heavy atom. The van der Waals surface area contributed by atoms with Crippen LogP contribution >= 0.6 is 11.3 Å². The van der Waals surface area contributed by atoms with Gasteiger partial charge in [0.1, 0.15) is 5.82 Å². The lowest BCUT2D eigenvalue weighted by Crippen LogP contribution is -2.28. The summed E-state index contributed by atoms with van der Waals surface area (Å²) in [5.74, 6) is -0.724. The Morgan fingerprint density at radius 1 is 1.48 bits per heavy atom. The Bertz CT molecular complexity index is 790. The summed E-state index contributed by atoms with van der Waals surface area (Å²) in [7, 11) is 0. The molecule has 1 N–H and O–H groups in total. The Hall–Kier alpha value is -2.28. The van der Waals surface area contributed by atoms with E-state index in [1.807, 2.05) is 19.2 Å². The van der Waals surface area contributed by atoms with Crippen molar-refractivity contribution in [1.82, 2.24) is 9.88 Å². The first-order valence-corrected chi connectivity index (χ1v) is 9.09. The number of carbonyl (C=O) groups is 2. The van der Waals surface area contributed by atoms with Crippen LogP contribution in [0.2, 0.25) is 0 Å². The second-order valence-electron chi connectivity index (χ2n) is 6.53. The topological polar surface area (TPSA) is 62.3 Å². The van der Waals surface area contributed by atoms with Crippen molar-refractivity contribution < 1.29 is 14.0 Å². The van der Waals surface area contributed by atoms with E-state index in [0.717, 1.165) is 11.3 Å². The number of nitrogens with one attached hydrogen (secondary N) is 1. The van der Waals surface area contributed by atoms with Crippen molar-refractivity contribution in [2.75, 3.05) is 11.9 Å². The van der Waals surface area contributed by atoms with Crippen molar-refractivity contribution >= 4 is 28.3 Å². The summed E-state index contributed by atoms with van der Waals surface area (Å²) in [4.78, 5) is 30.6. The van der Waals surface area contributed by atoms with Gasteiger partial charge in [-0.25, -0.2) is 9.37 Å². The minimum Gasteiger partial charge on any atom is -0.338 e. The molecule has 1 atom stereocenters. The van der Waals surface area contributed by atoms with Crippen LogP contribution in [0.4, 0.5) is 9.52 Å². The summed E-state index contributed by atoms with van der Waals surface area (Å²) in [6.07, 6.45) is 0.170. The number of thiazole rings is 1. The molecule has 5 nitrogen and oxygen atoms in total. The van der Waals surface area contributed by atoms with Crippen LogP contribution in [0.3, 0.4) is 0 Å². The van der Waals surface area contributed by atoms with Crippen LogP contribution in [0, 0.1) is 11.7 Å². The largest absolute Gasteiger partial charge is 0.338 e. The van der Waals surface area contributed by atoms with Gasteiger partial charge < -0.3 is 10.2 Å². The lowest BCUT2D eigenvalue weighted by molar-refractivity contribution is -0.128. The van der Waals surface area contributed by atoms with Gasteiger partial charge in [-0.05, 0) is 23.6 Å². The first kappa shape index (κ1) is 17.5. The highest BCUT2D eigenvalue weighted by Gasteiger charge is 2.34. The fourth-order valence-corrected chi connectivity index (χ4v) is 3.65. The van der Waals surface area contributed by atoms with Crippen LogP contribution in [0.1, 0.15) is 37.4 Å². The Balaban J connectivity index is 1.60. The molecule has 1 saturated heterocycles. The SMILES string of the molecule is CC(C)c1csc(NC(=O)[C@H]2CC(=O)N(Cc3cccc(F)c3)C2)n1. The average molecular weight is 361 g/mol. The van der Waals surface area contributed by atoms with E-state index < -0.39 is 5.92 Å². The van der Waals surface area contributed by atoms with Crippen LogP contribution in [0.5, 0.6) is 0 Å². The number of benzene rings is 1. The molecule has 3 rings (SSSR count). The first-order chi connectivity index (χ1) is 11.9. The number of hydrogen-bond acceptors (Lipinski definition) is 4. The zero-order valence-electron chi connectivity index (χ0n) is 14.2. The minimum absolute atomic E-state index is 0.0913. The fraction of sp³-hybridized carbons (Fsp3) is 0.389. The van der Waals surface area contributed by atoms with Gasteiger partial charge in [0.2, 0.25) is 11.8 Å². The number of anilines is 1. The lowest BCUT2D eigenvalue weighted by atomic mass is 10.1. The highest BCUT2D eigenvalue weighted by molar-refractivity contribution is 7.13. The monoisotopic (exact) mass is 361 g/mol. The maximum Gasteiger partial charge on any atom is 0.231 e. The number of likely N-dealkylation sites (tertiary alicyclic amines) is 1. The number of hydrogen-bond donors (Lipinski definition) is 1. The number of amides is 2. The molecule has 1 aromatic carbocycles. The van der Waals surface area contributed by atoms with E-state index >= 15 is 0 Å². The molecule has 0 saturated carbocycles. The minimum atomic E-state index is -0.410. The van der Waals surface area contributed by atoms with Gasteiger partial charge in [0.15, 0.2) is 5.13 Å². The molecule has 7 heteroatoms. The predicted molar refractivity (Wildman–Crippen MR) is 94.8 cm³/mol. The van der Waals surface area contributed by atoms with E-state index in [-0.39, 0.29) is 24.1 Å². The van der Waals surface area contributed by atoms with E-state index in [1.165, 1.54) is 23.5 Å². The van der Waals surface area contributed by atoms with E-state index in [1.54, 1.807) is 17.0 Å². The Morgan fingerprint density at radius 3 is 2.96 bits per heavy atom. The number of nitrogens with zero attached hydrogens (tertiary/aromatic N) is 2. The highest BCUT2D eigenvalue weighted by Crippen LogP contribution is 2.25.